The smallest absolute Gasteiger partial charge is 0.0841 e. The van der Waals surface area contributed by atoms with Crippen molar-refractivity contribution in [3.63, 3.8) is 0 Å². The Morgan fingerprint density at radius 1 is 1.00 bits per heavy atom. The molecule has 100 valence electrons. The first-order valence-corrected chi connectivity index (χ1v) is 7.61. The molecule has 0 aromatic heterocycles. The summed E-state index contributed by atoms with van der Waals surface area (Å²) < 4.78 is 1.16. The number of aryl methyl sites for hydroxylation is 3. The van der Waals surface area contributed by atoms with Gasteiger partial charge in [-0.3, -0.25) is 0 Å². The van der Waals surface area contributed by atoms with Gasteiger partial charge in [0.25, 0.3) is 0 Å². The predicted octanol–water partition coefficient (Wildman–Crippen LogP) is 6.01. The maximum absolute atomic E-state index is 6.72. The van der Waals surface area contributed by atoms with E-state index < -0.39 is 0 Å². The third-order valence-electron chi connectivity index (χ3n) is 3.53. The quantitative estimate of drug-likeness (QED) is 0.589. The molecule has 0 fully saturated rings. The summed E-state index contributed by atoms with van der Waals surface area (Å²) in [5.74, 6) is 0. The Morgan fingerprint density at radius 2 is 1.68 bits per heavy atom. The minimum atomic E-state index is -0.100. The minimum Gasteiger partial charge on any atom is -0.113 e. The zero-order valence-corrected chi connectivity index (χ0v) is 14.1. The molecule has 2 aromatic carbocycles. The van der Waals surface area contributed by atoms with Gasteiger partial charge in [-0.15, -0.1) is 11.6 Å². The minimum absolute atomic E-state index is 0.100. The van der Waals surface area contributed by atoms with E-state index in [0.29, 0.717) is 0 Å². The van der Waals surface area contributed by atoms with E-state index in [2.05, 4.69) is 74.0 Å². The SMILES string of the molecule is Cc1cccc(C(Cl)c2c(C)cc(C)c(Br)c2C)c1. The highest BCUT2D eigenvalue weighted by molar-refractivity contribution is 9.10. The highest BCUT2D eigenvalue weighted by Crippen LogP contribution is 2.37. The number of rotatable bonds is 2. The fourth-order valence-electron chi connectivity index (χ4n) is 2.56. The standard InChI is InChI=1S/C17H18BrCl/c1-10-6-5-7-14(8-10)17(19)15-11(2)9-12(3)16(18)13(15)4/h5-9,17H,1-4H3. The monoisotopic (exact) mass is 336 g/mol. The van der Waals surface area contributed by atoms with E-state index in [-0.39, 0.29) is 5.38 Å². The lowest BCUT2D eigenvalue weighted by Crippen LogP contribution is -2.02. The van der Waals surface area contributed by atoms with Gasteiger partial charge in [0.05, 0.1) is 5.38 Å². The molecule has 2 heteroatoms. The number of hydrogen-bond donors (Lipinski definition) is 0. The van der Waals surface area contributed by atoms with Crippen LogP contribution < -0.4 is 0 Å². The van der Waals surface area contributed by atoms with Crippen LogP contribution in [0.25, 0.3) is 0 Å². The molecular formula is C17H18BrCl. The lowest BCUT2D eigenvalue weighted by atomic mass is 9.93. The summed E-state index contributed by atoms with van der Waals surface area (Å²) in [4.78, 5) is 0. The largest absolute Gasteiger partial charge is 0.113 e. The molecule has 0 saturated carbocycles. The summed E-state index contributed by atoms with van der Waals surface area (Å²) in [7, 11) is 0. The van der Waals surface area contributed by atoms with Crippen molar-refractivity contribution in [2.45, 2.75) is 33.1 Å². The van der Waals surface area contributed by atoms with Gasteiger partial charge < -0.3 is 0 Å². The summed E-state index contributed by atoms with van der Waals surface area (Å²) in [6.07, 6.45) is 0. The third-order valence-corrected chi connectivity index (χ3v) is 5.22. The molecule has 0 spiro atoms. The summed E-state index contributed by atoms with van der Waals surface area (Å²) in [5, 5.41) is -0.100. The molecule has 0 nitrogen and oxygen atoms in total. The Balaban J connectivity index is 2.56. The molecule has 0 amide bonds. The van der Waals surface area contributed by atoms with Crippen molar-refractivity contribution in [2.24, 2.45) is 0 Å². The lowest BCUT2D eigenvalue weighted by Gasteiger charge is -2.19. The van der Waals surface area contributed by atoms with Crippen molar-refractivity contribution in [2.75, 3.05) is 0 Å². The van der Waals surface area contributed by atoms with Gasteiger partial charge >= 0.3 is 0 Å². The highest BCUT2D eigenvalue weighted by atomic mass is 79.9. The zero-order valence-electron chi connectivity index (χ0n) is 11.7. The molecule has 1 unspecified atom stereocenters. The molecule has 0 radical (unpaired) electrons. The first kappa shape index (κ1) is 14.6. The van der Waals surface area contributed by atoms with E-state index in [1.165, 1.54) is 27.8 Å². The van der Waals surface area contributed by atoms with Crippen LogP contribution in [0.5, 0.6) is 0 Å². The van der Waals surface area contributed by atoms with Gasteiger partial charge in [-0.05, 0) is 55.5 Å². The normalized spacial score (nSPS) is 12.5. The number of alkyl halides is 1. The summed E-state index contributed by atoms with van der Waals surface area (Å²) in [6, 6.07) is 10.6. The van der Waals surface area contributed by atoms with E-state index in [1.54, 1.807) is 0 Å². The molecule has 0 bridgehead atoms. The molecule has 0 aliphatic rings. The zero-order chi connectivity index (χ0) is 14.2. The third kappa shape index (κ3) is 2.88. The van der Waals surface area contributed by atoms with E-state index in [4.69, 9.17) is 11.6 Å². The van der Waals surface area contributed by atoms with Gasteiger partial charge in [0.1, 0.15) is 0 Å². The summed E-state index contributed by atoms with van der Waals surface area (Å²) >= 11 is 10.4. The molecule has 0 saturated heterocycles. The summed E-state index contributed by atoms with van der Waals surface area (Å²) in [5.41, 5.74) is 7.35. The van der Waals surface area contributed by atoms with Crippen molar-refractivity contribution in [3.05, 3.63) is 68.2 Å². The van der Waals surface area contributed by atoms with Crippen LogP contribution in [0.15, 0.2) is 34.8 Å². The first-order chi connectivity index (χ1) is 8.91. The van der Waals surface area contributed by atoms with Crippen molar-refractivity contribution in [1.29, 1.82) is 0 Å². The van der Waals surface area contributed by atoms with Gasteiger partial charge in [-0.2, -0.15) is 0 Å². The fourth-order valence-corrected chi connectivity index (χ4v) is 3.36. The van der Waals surface area contributed by atoms with Gasteiger partial charge in [0.2, 0.25) is 0 Å². The number of hydrogen-bond acceptors (Lipinski definition) is 0. The van der Waals surface area contributed by atoms with Crippen LogP contribution in [0.3, 0.4) is 0 Å². The fraction of sp³-hybridized carbons (Fsp3) is 0.294. The van der Waals surface area contributed by atoms with Crippen LogP contribution in [-0.2, 0) is 0 Å². The Kier molecular flexibility index (Phi) is 4.37. The van der Waals surface area contributed by atoms with Crippen molar-refractivity contribution in [3.8, 4) is 0 Å². The maximum atomic E-state index is 6.72. The molecule has 0 aliphatic carbocycles. The van der Waals surface area contributed by atoms with Crippen LogP contribution in [0.2, 0.25) is 0 Å². The molecule has 0 aliphatic heterocycles. The van der Waals surface area contributed by atoms with Crippen LogP contribution in [0, 0.1) is 27.7 Å². The van der Waals surface area contributed by atoms with Gasteiger partial charge in [0, 0.05) is 4.47 Å². The first-order valence-electron chi connectivity index (χ1n) is 6.38. The lowest BCUT2D eigenvalue weighted by molar-refractivity contribution is 1.06. The molecule has 0 N–H and O–H groups in total. The molecule has 1 atom stereocenters. The Bertz CT molecular complexity index is 617. The second-order valence-electron chi connectivity index (χ2n) is 5.14. The highest BCUT2D eigenvalue weighted by Gasteiger charge is 2.18. The van der Waals surface area contributed by atoms with Gasteiger partial charge in [0.15, 0.2) is 0 Å². The molecule has 0 heterocycles. The molecule has 19 heavy (non-hydrogen) atoms. The number of halogens is 2. The predicted molar refractivity (Wildman–Crippen MR) is 87.2 cm³/mol. The van der Waals surface area contributed by atoms with Crippen LogP contribution in [0.1, 0.15) is 38.8 Å². The summed E-state index contributed by atoms with van der Waals surface area (Å²) in [6.45, 7) is 8.47. The van der Waals surface area contributed by atoms with Crippen LogP contribution in [-0.4, -0.2) is 0 Å². The van der Waals surface area contributed by atoms with E-state index in [9.17, 15) is 0 Å². The van der Waals surface area contributed by atoms with Crippen molar-refractivity contribution >= 4 is 27.5 Å². The Morgan fingerprint density at radius 3 is 2.32 bits per heavy atom. The van der Waals surface area contributed by atoms with Gasteiger partial charge in [-0.25, -0.2) is 0 Å². The van der Waals surface area contributed by atoms with Crippen LogP contribution >= 0.6 is 27.5 Å². The van der Waals surface area contributed by atoms with E-state index in [0.717, 1.165) is 10.0 Å². The molecular weight excluding hydrogens is 320 g/mol. The van der Waals surface area contributed by atoms with Crippen LogP contribution in [0.4, 0.5) is 0 Å². The van der Waals surface area contributed by atoms with E-state index in [1.807, 2.05) is 0 Å². The average molecular weight is 338 g/mol. The van der Waals surface area contributed by atoms with E-state index >= 15 is 0 Å². The molecule has 2 rings (SSSR count). The van der Waals surface area contributed by atoms with Crippen molar-refractivity contribution < 1.29 is 0 Å². The average Bonchev–Trinajstić information content (AvgIpc) is 2.36. The molecule has 2 aromatic rings. The second kappa shape index (κ2) is 5.68. The van der Waals surface area contributed by atoms with Gasteiger partial charge in [-0.1, -0.05) is 51.8 Å². The maximum Gasteiger partial charge on any atom is 0.0841 e. The topological polar surface area (TPSA) is 0 Å². The van der Waals surface area contributed by atoms with Crippen molar-refractivity contribution in [1.82, 2.24) is 0 Å². The Labute approximate surface area is 128 Å². The number of benzene rings is 2. The Hall–Kier alpha value is -0.790. The second-order valence-corrected chi connectivity index (χ2v) is 6.37.